The molecule has 0 aliphatic rings. The van der Waals surface area contributed by atoms with Crippen molar-refractivity contribution in [2.75, 3.05) is 0 Å². The molecular weight excluding hydrogens is 368 g/mol. The molecule has 1 atom stereocenters. The molecule has 0 fully saturated rings. The molecule has 3 heteroatoms. The van der Waals surface area contributed by atoms with Crippen LogP contribution in [-0.2, 0) is 9.53 Å². The predicted octanol–water partition coefficient (Wildman–Crippen LogP) is 5.25. The Bertz CT molecular complexity index is 219. The van der Waals surface area contributed by atoms with Gasteiger partial charge in [-0.15, -0.1) is 0 Å². The minimum atomic E-state index is -0.240. The zero-order valence-electron chi connectivity index (χ0n) is 13.4. The van der Waals surface area contributed by atoms with Gasteiger partial charge in [-0.3, -0.25) is 4.79 Å². The van der Waals surface area contributed by atoms with Gasteiger partial charge in [-0.25, -0.2) is 0 Å². The average molecular weight is 401 g/mol. The number of carbonyl (C=O) groups is 1. The van der Waals surface area contributed by atoms with Crippen LogP contribution >= 0.6 is 0 Å². The molecule has 0 aliphatic carbocycles. The molecule has 0 aromatic carbocycles. The molecule has 0 aliphatic heterocycles. The first-order valence-electron chi connectivity index (χ1n) is 7.79. The summed E-state index contributed by atoms with van der Waals surface area (Å²) >= 11 is 0. The van der Waals surface area contributed by atoms with E-state index in [2.05, 4.69) is 27.7 Å². The smallest absolute Gasteiger partial charge is 0.306 e. The summed E-state index contributed by atoms with van der Waals surface area (Å²) in [6, 6.07) is 0. The summed E-state index contributed by atoms with van der Waals surface area (Å²) in [5, 5.41) is 0. The Morgan fingerprint density at radius 1 is 0.947 bits per heavy atom. The van der Waals surface area contributed by atoms with Crippen LogP contribution in [0.1, 0.15) is 91.9 Å². The van der Waals surface area contributed by atoms with Crippen molar-refractivity contribution in [3.05, 3.63) is 0 Å². The van der Waals surface area contributed by atoms with Crippen LogP contribution in [0.4, 0.5) is 0 Å². The maximum Gasteiger partial charge on any atom is 0.306 e. The van der Waals surface area contributed by atoms with Gasteiger partial charge in [0.05, 0.1) is 0 Å². The summed E-state index contributed by atoms with van der Waals surface area (Å²) in [6.07, 6.45) is 10.7. The van der Waals surface area contributed by atoms with E-state index in [-0.39, 0.29) is 52.4 Å². The van der Waals surface area contributed by atoms with Crippen molar-refractivity contribution in [1.29, 1.82) is 0 Å². The van der Waals surface area contributed by atoms with Crippen LogP contribution in [0.5, 0.6) is 0 Å². The Morgan fingerprint density at radius 2 is 1.53 bits per heavy atom. The van der Waals surface area contributed by atoms with Gasteiger partial charge in [0.25, 0.3) is 0 Å². The molecule has 2 nitrogen and oxygen atoms in total. The molecule has 0 aromatic rings. The quantitative estimate of drug-likeness (QED) is 0.350. The van der Waals surface area contributed by atoms with E-state index in [9.17, 15) is 4.79 Å². The molecule has 0 spiro atoms. The van der Waals surface area contributed by atoms with Crippen LogP contribution in [0, 0.1) is 40.8 Å². The molecule has 0 radical (unpaired) electrons. The normalized spacial score (nSPS) is 13.5. The minimum absolute atomic E-state index is 0. The number of hydrogen-bond acceptors (Lipinski definition) is 2. The number of rotatable bonds is 11. The molecule has 19 heavy (non-hydrogen) atoms. The molecule has 0 bridgehead atoms. The third kappa shape index (κ3) is 12.3. The number of esters is 1. The number of unbranched alkanes of at least 4 members (excludes halogenated alkanes) is 5. The van der Waals surface area contributed by atoms with Crippen LogP contribution in [-0.4, -0.2) is 11.6 Å². The van der Waals surface area contributed by atoms with E-state index in [1.165, 1.54) is 19.3 Å². The average Bonchev–Trinajstić information content (AvgIpc) is 2.36. The summed E-state index contributed by atoms with van der Waals surface area (Å²) in [7, 11) is 0. The molecule has 0 heterocycles. The van der Waals surface area contributed by atoms with E-state index in [1.807, 2.05) is 0 Å². The van der Waals surface area contributed by atoms with Gasteiger partial charge < -0.3 is 4.74 Å². The largest absolute Gasteiger partial charge is 0.459 e. The first-order chi connectivity index (χ1) is 8.58. The van der Waals surface area contributed by atoms with Gasteiger partial charge in [0.15, 0.2) is 0 Å². The SMILES string of the molecule is CCCCCCCC(=O)OC(C)(CC)CCCC.[Nd]. The Balaban J connectivity index is 0. The maximum atomic E-state index is 11.8. The van der Waals surface area contributed by atoms with E-state index in [0.29, 0.717) is 6.42 Å². The number of carbonyl (C=O) groups excluding carboxylic acids is 1. The summed E-state index contributed by atoms with van der Waals surface area (Å²) < 4.78 is 5.66. The number of ether oxygens (including phenoxy) is 1. The monoisotopic (exact) mass is 398 g/mol. The molecule has 1 unspecified atom stereocenters. The number of hydrogen-bond donors (Lipinski definition) is 0. The van der Waals surface area contributed by atoms with E-state index >= 15 is 0 Å². The van der Waals surface area contributed by atoms with Crippen LogP contribution in [0.15, 0.2) is 0 Å². The second-order valence-electron chi connectivity index (χ2n) is 5.55. The second kappa shape index (κ2) is 13.8. The van der Waals surface area contributed by atoms with Gasteiger partial charge in [-0.1, -0.05) is 52.9 Å². The molecule has 0 saturated heterocycles. The Morgan fingerprint density at radius 3 is 2.05 bits per heavy atom. The van der Waals surface area contributed by atoms with Gasteiger partial charge in [-0.2, -0.15) is 0 Å². The summed E-state index contributed by atoms with van der Waals surface area (Å²) in [4.78, 5) is 11.8. The molecule has 112 valence electrons. The summed E-state index contributed by atoms with van der Waals surface area (Å²) in [5.41, 5.74) is -0.240. The van der Waals surface area contributed by atoms with Crippen LogP contribution < -0.4 is 0 Å². The van der Waals surface area contributed by atoms with E-state index < -0.39 is 0 Å². The molecule has 0 aromatic heterocycles. The second-order valence-corrected chi connectivity index (χ2v) is 5.55. The third-order valence-electron chi connectivity index (χ3n) is 3.65. The molecule has 0 amide bonds. The van der Waals surface area contributed by atoms with Gasteiger partial charge in [0.2, 0.25) is 0 Å². The van der Waals surface area contributed by atoms with Crippen molar-refractivity contribution in [3.63, 3.8) is 0 Å². The van der Waals surface area contributed by atoms with Crippen molar-refractivity contribution in [2.24, 2.45) is 0 Å². The van der Waals surface area contributed by atoms with Crippen LogP contribution in [0.2, 0.25) is 0 Å². The van der Waals surface area contributed by atoms with Crippen LogP contribution in [0.3, 0.4) is 0 Å². The van der Waals surface area contributed by atoms with Crippen molar-refractivity contribution in [3.8, 4) is 0 Å². The molecule has 0 rings (SSSR count). The zero-order valence-corrected chi connectivity index (χ0v) is 16.6. The fourth-order valence-corrected chi connectivity index (χ4v) is 2.05. The standard InChI is InChI=1S/C16H32O2.Nd/c1-5-8-10-11-12-13-15(17)18-16(4,7-3)14-9-6-2;/h5-14H2,1-4H3;. The minimum Gasteiger partial charge on any atom is -0.459 e. The Hall–Kier alpha value is 0.821. The van der Waals surface area contributed by atoms with Gasteiger partial charge >= 0.3 is 5.97 Å². The van der Waals surface area contributed by atoms with Crippen molar-refractivity contribution >= 4 is 5.97 Å². The Labute approximate surface area is 153 Å². The van der Waals surface area contributed by atoms with Gasteiger partial charge in [0.1, 0.15) is 5.60 Å². The van der Waals surface area contributed by atoms with E-state index in [4.69, 9.17) is 4.74 Å². The summed E-state index contributed by atoms with van der Waals surface area (Å²) in [6.45, 7) is 8.54. The van der Waals surface area contributed by atoms with Crippen LogP contribution in [0.25, 0.3) is 0 Å². The Kier molecular flexibility index (Phi) is 16.0. The van der Waals surface area contributed by atoms with Crippen molar-refractivity contribution in [1.82, 2.24) is 0 Å². The first-order valence-corrected chi connectivity index (χ1v) is 7.79. The van der Waals surface area contributed by atoms with E-state index in [1.54, 1.807) is 0 Å². The van der Waals surface area contributed by atoms with Crippen molar-refractivity contribution in [2.45, 2.75) is 97.5 Å². The fraction of sp³-hybridized carbons (Fsp3) is 0.938. The molecule has 0 saturated carbocycles. The van der Waals surface area contributed by atoms with Crippen molar-refractivity contribution < 1.29 is 50.4 Å². The van der Waals surface area contributed by atoms with E-state index in [0.717, 1.165) is 38.5 Å². The van der Waals surface area contributed by atoms with Gasteiger partial charge in [0, 0.05) is 47.3 Å². The topological polar surface area (TPSA) is 26.3 Å². The zero-order chi connectivity index (χ0) is 13.9. The third-order valence-corrected chi connectivity index (χ3v) is 3.65. The predicted molar refractivity (Wildman–Crippen MR) is 77.7 cm³/mol. The van der Waals surface area contributed by atoms with Gasteiger partial charge in [-0.05, 0) is 32.6 Å². The maximum absolute atomic E-state index is 11.8. The molecule has 0 N–H and O–H groups in total. The summed E-state index contributed by atoms with van der Waals surface area (Å²) in [5.74, 6) is -0.00745. The fourth-order valence-electron chi connectivity index (χ4n) is 2.05. The first kappa shape index (κ1) is 22.1. The molecular formula is C16H32NdO2.